The monoisotopic (exact) mass is 390 g/mol. The van der Waals surface area contributed by atoms with Crippen molar-refractivity contribution in [3.63, 3.8) is 0 Å². The normalized spacial score (nSPS) is 12.6. The minimum atomic E-state index is -3.42. The summed E-state index contributed by atoms with van der Waals surface area (Å²) in [7, 11) is -2.16. The first-order chi connectivity index (χ1) is 12.4. The molecule has 0 atom stereocenters. The van der Waals surface area contributed by atoms with Crippen LogP contribution in [0.5, 0.6) is 0 Å². The van der Waals surface area contributed by atoms with Gasteiger partial charge in [0.05, 0.1) is 11.9 Å². The fourth-order valence-electron chi connectivity index (χ4n) is 3.45. The Morgan fingerprint density at radius 1 is 0.615 bits per heavy atom. The summed E-state index contributed by atoms with van der Waals surface area (Å²) in [6.45, 7) is 5.80. The van der Waals surface area contributed by atoms with Crippen molar-refractivity contribution in [3.05, 3.63) is 0 Å². The molecule has 0 aliphatic rings. The Labute approximate surface area is 164 Å². The highest BCUT2D eigenvalue weighted by Gasteiger charge is 2.33. The SMILES string of the molecule is CCCCCCCCCCCCCCCCCCC(C)(C)S(=O)(=O)OC. The van der Waals surface area contributed by atoms with Crippen LogP contribution >= 0.6 is 0 Å². The third-order valence-corrected chi connectivity index (χ3v) is 7.53. The molecule has 0 aromatic rings. The first-order valence-electron chi connectivity index (χ1n) is 11.2. The van der Waals surface area contributed by atoms with Crippen molar-refractivity contribution >= 4 is 10.1 Å². The van der Waals surface area contributed by atoms with Crippen molar-refractivity contribution in [1.82, 2.24) is 0 Å². The zero-order valence-electron chi connectivity index (χ0n) is 18.2. The third kappa shape index (κ3) is 13.1. The maximum atomic E-state index is 11.8. The topological polar surface area (TPSA) is 43.4 Å². The van der Waals surface area contributed by atoms with Crippen molar-refractivity contribution in [2.45, 2.75) is 135 Å². The van der Waals surface area contributed by atoms with Crippen LogP contribution in [0.2, 0.25) is 0 Å². The second-order valence-corrected chi connectivity index (χ2v) is 10.8. The van der Waals surface area contributed by atoms with Gasteiger partial charge in [0.15, 0.2) is 0 Å². The van der Waals surface area contributed by atoms with Gasteiger partial charge in [-0.3, -0.25) is 4.18 Å². The Hall–Kier alpha value is -0.0900. The van der Waals surface area contributed by atoms with Gasteiger partial charge in [-0.2, -0.15) is 8.42 Å². The molecule has 158 valence electrons. The molecule has 0 radical (unpaired) electrons. The Balaban J connectivity index is 3.32. The molecule has 0 saturated heterocycles. The van der Waals surface area contributed by atoms with Gasteiger partial charge in [-0.1, -0.05) is 110 Å². The standard InChI is InChI=1S/C22H46O3S/c1-5-6-7-8-9-10-11-12-13-14-15-16-17-18-19-20-21-22(2,3)26(23,24)25-4/h5-21H2,1-4H3. The van der Waals surface area contributed by atoms with E-state index in [0.29, 0.717) is 6.42 Å². The van der Waals surface area contributed by atoms with Gasteiger partial charge >= 0.3 is 0 Å². The van der Waals surface area contributed by atoms with Crippen molar-refractivity contribution < 1.29 is 12.6 Å². The lowest BCUT2D eigenvalue weighted by molar-refractivity contribution is 0.362. The summed E-state index contributed by atoms with van der Waals surface area (Å²) >= 11 is 0. The van der Waals surface area contributed by atoms with E-state index in [1.807, 2.05) is 0 Å². The Kier molecular flexibility index (Phi) is 15.9. The molecule has 0 aliphatic heterocycles. The largest absolute Gasteiger partial charge is 0.273 e. The summed E-state index contributed by atoms with van der Waals surface area (Å²) in [6, 6.07) is 0. The van der Waals surface area contributed by atoms with E-state index in [1.54, 1.807) is 13.8 Å². The third-order valence-electron chi connectivity index (χ3n) is 5.53. The molecule has 0 rings (SSSR count). The molecule has 0 aromatic heterocycles. The van der Waals surface area contributed by atoms with Gasteiger partial charge in [0, 0.05) is 0 Å². The highest BCUT2D eigenvalue weighted by Crippen LogP contribution is 2.25. The van der Waals surface area contributed by atoms with Crippen LogP contribution in [0.25, 0.3) is 0 Å². The zero-order chi connectivity index (χ0) is 19.7. The van der Waals surface area contributed by atoms with Crippen LogP contribution in [-0.4, -0.2) is 20.3 Å². The van der Waals surface area contributed by atoms with Gasteiger partial charge in [0.25, 0.3) is 10.1 Å². The van der Waals surface area contributed by atoms with E-state index in [9.17, 15) is 8.42 Å². The van der Waals surface area contributed by atoms with E-state index < -0.39 is 14.9 Å². The molecule has 0 saturated carbocycles. The van der Waals surface area contributed by atoms with E-state index in [0.717, 1.165) is 12.8 Å². The summed E-state index contributed by atoms with van der Waals surface area (Å²) in [5, 5.41) is 0. The second kappa shape index (κ2) is 15.9. The summed E-state index contributed by atoms with van der Waals surface area (Å²) in [6.07, 6.45) is 22.1. The lowest BCUT2D eigenvalue weighted by Gasteiger charge is -2.22. The molecule has 0 spiro atoms. The van der Waals surface area contributed by atoms with E-state index >= 15 is 0 Å². The fraction of sp³-hybridized carbons (Fsp3) is 1.00. The average Bonchev–Trinajstić information content (AvgIpc) is 2.61. The molecule has 0 aromatic carbocycles. The summed E-state index contributed by atoms with van der Waals surface area (Å²) in [5.41, 5.74) is 0. The zero-order valence-corrected chi connectivity index (χ0v) is 19.0. The van der Waals surface area contributed by atoms with Gasteiger partial charge < -0.3 is 0 Å². The maximum Gasteiger partial charge on any atom is 0.272 e. The summed E-state index contributed by atoms with van der Waals surface area (Å²) in [4.78, 5) is 0. The van der Waals surface area contributed by atoms with Crippen molar-refractivity contribution in [2.24, 2.45) is 0 Å². The van der Waals surface area contributed by atoms with E-state index in [1.165, 1.54) is 97.0 Å². The molecule has 0 amide bonds. The highest BCUT2D eigenvalue weighted by molar-refractivity contribution is 7.88. The van der Waals surface area contributed by atoms with Crippen molar-refractivity contribution in [2.75, 3.05) is 7.11 Å². The fourth-order valence-corrected chi connectivity index (χ4v) is 4.29. The lowest BCUT2D eigenvalue weighted by atomic mass is 10.0. The Morgan fingerprint density at radius 3 is 1.23 bits per heavy atom. The molecule has 26 heavy (non-hydrogen) atoms. The maximum absolute atomic E-state index is 11.8. The predicted octanol–water partition coefficient (Wildman–Crippen LogP) is 7.39. The quantitative estimate of drug-likeness (QED) is 0.170. The number of rotatable bonds is 19. The minimum Gasteiger partial charge on any atom is -0.273 e. The smallest absolute Gasteiger partial charge is 0.272 e. The van der Waals surface area contributed by atoms with Crippen LogP contribution in [0.4, 0.5) is 0 Å². The van der Waals surface area contributed by atoms with Crippen LogP contribution in [0, 0.1) is 0 Å². The first-order valence-corrected chi connectivity index (χ1v) is 12.6. The highest BCUT2D eigenvalue weighted by atomic mass is 32.2. The first kappa shape index (κ1) is 25.9. The summed E-state index contributed by atoms with van der Waals surface area (Å²) < 4.78 is 27.5. The van der Waals surface area contributed by atoms with E-state index in [-0.39, 0.29) is 0 Å². The van der Waals surface area contributed by atoms with E-state index in [2.05, 4.69) is 11.1 Å². The molecule has 0 N–H and O–H groups in total. The predicted molar refractivity (Wildman–Crippen MR) is 114 cm³/mol. The van der Waals surface area contributed by atoms with Crippen molar-refractivity contribution in [3.8, 4) is 0 Å². The average molecular weight is 391 g/mol. The molecule has 3 nitrogen and oxygen atoms in total. The molecule has 0 unspecified atom stereocenters. The number of unbranched alkanes of at least 4 members (excludes halogenated alkanes) is 15. The number of hydrogen-bond donors (Lipinski definition) is 0. The van der Waals surface area contributed by atoms with Crippen LogP contribution in [0.1, 0.15) is 130 Å². The van der Waals surface area contributed by atoms with Gasteiger partial charge in [0.2, 0.25) is 0 Å². The Bertz CT molecular complexity index is 402. The van der Waals surface area contributed by atoms with Gasteiger partial charge in [-0.15, -0.1) is 0 Å². The van der Waals surface area contributed by atoms with Crippen LogP contribution in [0.15, 0.2) is 0 Å². The van der Waals surface area contributed by atoms with Gasteiger partial charge in [-0.05, 0) is 20.3 Å². The molecule has 0 heterocycles. The summed E-state index contributed by atoms with van der Waals surface area (Å²) in [5.74, 6) is 0. The minimum absolute atomic E-state index is 0.682. The number of hydrogen-bond acceptors (Lipinski definition) is 3. The molecular weight excluding hydrogens is 344 g/mol. The molecule has 0 aliphatic carbocycles. The van der Waals surface area contributed by atoms with Crippen LogP contribution in [0.3, 0.4) is 0 Å². The molecule has 0 bridgehead atoms. The van der Waals surface area contributed by atoms with Crippen LogP contribution < -0.4 is 0 Å². The molecule has 0 fully saturated rings. The Morgan fingerprint density at radius 2 is 0.923 bits per heavy atom. The second-order valence-electron chi connectivity index (χ2n) is 8.43. The van der Waals surface area contributed by atoms with Crippen molar-refractivity contribution in [1.29, 1.82) is 0 Å². The van der Waals surface area contributed by atoms with Gasteiger partial charge in [0.1, 0.15) is 0 Å². The molecule has 4 heteroatoms. The van der Waals surface area contributed by atoms with E-state index in [4.69, 9.17) is 0 Å². The van der Waals surface area contributed by atoms with Crippen LogP contribution in [-0.2, 0) is 14.3 Å². The van der Waals surface area contributed by atoms with Gasteiger partial charge in [-0.25, -0.2) is 0 Å². The molecular formula is C22H46O3S. The lowest BCUT2D eigenvalue weighted by Crippen LogP contribution is -2.32.